The average Bonchev–Trinajstić information content (AvgIpc) is 2.90. The summed E-state index contributed by atoms with van der Waals surface area (Å²) in [5.74, 6) is 0. The highest BCUT2D eigenvalue weighted by atomic mass is 16.7. The second kappa shape index (κ2) is 4.70. The normalized spacial score (nSPS) is 23.8. The number of rotatable bonds is 2. The highest BCUT2D eigenvalue weighted by Crippen LogP contribution is 2.34. The topological polar surface area (TPSA) is 21.3 Å². The zero-order valence-electron chi connectivity index (χ0n) is 9.54. The third-order valence-corrected chi connectivity index (χ3v) is 3.18. The minimum Gasteiger partial charge on any atom is -0.293 e. The van der Waals surface area contributed by atoms with Gasteiger partial charge in [-0.3, -0.25) is 4.84 Å². The maximum absolute atomic E-state index is 5.66. The number of hydroxylamine groups is 1. The van der Waals surface area contributed by atoms with E-state index in [0.29, 0.717) is 6.04 Å². The third-order valence-electron chi connectivity index (χ3n) is 3.18. The highest BCUT2D eigenvalue weighted by molar-refractivity contribution is 5.23. The van der Waals surface area contributed by atoms with Crippen LogP contribution < -0.4 is 5.48 Å². The molecule has 0 spiro atoms. The summed E-state index contributed by atoms with van der Waals surface area (Å²) in [5.41, 5.74) is 5.64. The fraction of sp³-hybridized carbons (Fsp3) is 0.200. The molecule has 1 fully saturated rings. The van der Waals surface area contributed by atoms with E-state index in [1.807, 2.05) is 12.1 Å². The minimum absolute atomic E-state index is 0.154. The number of hydrogen-bond donors (Lipinski definition) is 1. The van der Waals surface area contributed by atoms with Gasteiger partial charge in [-0.15, -0.1) is 0 Å². The molecule has 17 heavy (non-hydrogen) atoms. The van der Waals surface area contributed by atoms with Crippen molar-refractivity contribution in [2.24, 2.45) is 0 Å². The lowest BCUT2D eigenvalue weighted by Crippen LogP contribution is -2.11. The molecule has 2 aromatic carbocycles. The lowest BCUT2D eigenvalue weighted by atomic mass is 9.99. The van der Waals surface area contributed by atoms with Gasteiger partial charge in [0.1, 0.15) is 6.10 Å². The van der Waals surface area contributed by atoms with Crippen LogP contribution in [0.2, 0.25) is 0 Å². The lowest BCUT2D eigenvalue weighted by Gasteiger charge is -2.08. The van der Waals surface area contributed by atoms with Crippen molar-refractivity contribution in [2.75, 3.05) is 0 Å². The van der Waals surface area contributed by atoms with Crippen molar-refractivity contribution in [3.8, 4) is 0 Å². The van der Waals surface area contributed by atoms with Gasteiger partial charge in [-0.25, -0.2) is 0 Å². The Morgan fingerprint density at radius 3 is 2.06 bits per heavy atom. The Bertz CT molecular complexity index is 423. The molecule has 2 aromatic rings. The van der Waals surface area contributed by atoms with Gasteiger partial charge in [-0.1, -0.05) is 60.7 Å². The average molecular weight is 225 g/mol. The molecule has 0 radical (unpaired) electrons. The van der Waals surface area contributed by atoms with Gasteiger partial charge in [-0.2, -0.15) is 5.48 Å². The van der Waals surface area contributed by atoms with Crippen LogP contribution in [0.1, 0.15) is 29.7 Å². The van der Waals surface area contributed by atoms with Gasteiger partial charge in [0.15, 0.2) is 0 Å². The van der Waals surface area contributed by atoms with Crippen molar-refractivity contribution in [1.82, 2.24) is 5.48 Å². The standard InChI is InChI=1S/C15H15NO/c1-3-7-12(8-4-1)14-11-15(17-16-14)13-9-5-2-6-10-13/h1-10,14-16H,11H2/t14-,15+/m0/s1. The highest BCUT2D eigenvalue weighted by Gasteiger charge is 2.27. The molecule has 1 heterocycles. The molecule has 1 aliphatic heterocycles. The molecule has 0 bridgehead atoms. The van der Waals surface area contributed by atoms with Crippen molar-refractivity contribution in [2.45, 2.75) is 18.6 Å². The summed E-state index contributed by atoms with van der Waals surface area (Å²) >= 11 is 0. The van der Waals surface area contributed by atoms with Gasteiger partial charge >= 0.3 is 0 Å². The van der Waals surface area contributed by atoms with E-state index in [0.717, 1.165) is 6.42 Å². The molecule has 1 N–H and O–H groups in total. The van der Waals surface area contributed by atoms with Gasteiger partial charge in [0.25, 0.3) is 0 Å². The first-order valence-corrected chi connectivity index (χ1v) is 5.94. The Balaban J connectivity index is 1.75. The van der Waals surface area contributed by atoms with E-state index >= 15 is 0 Å². The smallest absolute Gasteiger partial charge is 0.106 e. The Labute approximate surface area is 101 Å². The van der Waals surface area contributed by atoms with Gasteiger partial charge < -0.3 is 0 Å². The summed E-state index contributed by atoms with van der Waals surface area (Å²) in [5, 5.41) is 0. The van der Waals surface area contributed by atoms with Crippen LogP contribution in [0.4, 0.5) is 0 Å². The Hall–Kier alpha value is -1.64. The zero-order chi connectivity index (χ0) is 11.5. The Kier molecular flexibility index (Phi) is 2.90. The van der Waals surface area contributed by atoms with E-state index in [9.17, 15) is 0 Å². The quantitative estimate of drug-likeness (QED) is 0.845. The maximum atomic E-state index is 5.66. The van der Waals surface area contributed by atoms with Crippen LogP contribution in [0, 0.1) is 0 Å². The van der Waals surface area contributed by atoms with Crippen LogP contribution >= 0.6 is 0 Å². The number of hydrogen-bond acceptors (Lipinski definition) is 2. The van der Waals surface area contributed by atoms with Crippen LogP contribution in [0.3, 0.4) is 0 Å². The van der Waals surface area contributed by atoms with E-state index in [1.165, 1.54) is 11.1 Å². The molecule has 2 atom stereocenters. The first-order valence-electron chi connectivity index (χ1n) is 5.94. The SMILES string of the molecule is c1ccc([C@@H]2C[C@H](c3ccccc3)ON2)cc1. The second-order valence-corrected chi connectivity index (χ2v) is 4.33. The molecule has 2 nitrogen and oxygen atoms in total. The van der Waals surface area contributed by atoms with Crippen LogP contribution in [-0.4, -0.2) is 0 Å². The predicted molar refractivity (Wildman–Crippen MR) is 67.2 cm³/mol. The second-order valence-electron chi connectivity index (χ2n) is 4.33. The molecule has 0 amide bonds. The molecule has 0 unspecified atom stereocenters. The van der Waals surface area contributed by atoms with Crippen molar-refractivity contribution in [3.63, 3.8) is 0 Å². The summed E-state index contributed by atoms with van der Waals surface area (Å²) in [6.07, 6.45) is 1.13. The molecule has 2 heteroatoms. The first-order chi connectivity index (χ1) is 8.43. The summed E-state index contributed by atoms with van der Waals surface area (Å²) in [4.78, 5) is 5.66. The Morgan fingerprint density at radius 1 is 0.824 bits per heavy atom. The van der Waals surface area contributed by atoms with E-state index in [4.69, 9.17) is 4.84 Å². The van der Waals surface area contributed by atoms with Crippen molar-refractivity contribution >= 4 is 0 Å². The summed E-state index contributed by atoms with van der Waals surface area (Å²) in [6.45, 7) is 0. The molecular formula is C15H15NO. The lowest BCUT2D eigenvalue weighted by molar-refractivity contribution is 0.0255. The van der Waals surface area contributed by atoms with Gasteiger partial charge in [0, 0.05) is 6.42 Å². The predicted octanol–water partition coefficient (Wildman–Crippen LogP) is 3.39. The molecule has 1 saturated heterocycles. The summed E-state index contributed by atoms with van der Waals surface area (Å²) in [7, 11) is 0. The third kappa shape index (κ3) is 2.23. The van der Waals surface area contributed by atoms with Gasteiger partial charge in [0.2, 0.25) is 0 Å². The maximum Gasteiger partial charge on any atom is 0.106 e. The van der Waals surface area contributed by atoms with Crippen LogP contribution in [0.15, 0.2) is 60.7 Å². The largest absolute Gasteiger partial charge is 0.293 e. The number of benzene rings is 2. The molecule has 1 aliphatic rings. The van der Waals surface area contributed by atoms with E-state index in [-0.39, 0.29) is 6.10 Å². The minimum atomic E-state index is 0.154. The zero-order valence-corrected chi connectivity index (χ0v) is 9.54. The van der Waals surface area contributed by atoms with Crippen molar-refractivity contribution in [1.29, 1.82) is 0 Å². The molecule has 86 valence electrons. The fourth-order valence-corrected chi connectivity index (χ4v) is 2.24. The molecule has 0 aromatic heterocycles. The molecule has 3 rings (SSSR count). The fourth-order valence-electron chi connectivity index (χ4n) is 2.24. The van der Waals surface area contributed by atoms with Crippen molar-refractivity contribution < 1.29 is 4.84 Å². The molecule has 0 aliphatic carbocycles. The number of nitrogens with one attached hydrogen (secondary N) is 1. The van der Waals surface area contributed by atoms with Crippen LogP contribution in [0.5, 0.6) is 0 Å². The monoisotopic (exact) mass is 225 g/mol. The summed E-state index contributed by atoms with van der Waals surface area (Å²) < 4.78 is 0. The van der Waals surface area contributed by atoms with Crippen LogP contribution in [-0.2, 0) is 4.84 Å². The summed E-state index contributed by atoms with van der Waals surface area (Å²) in [6, 6.07) is 21.1. The van der Waals surface area contributed by atoms with Gasteiger partial charge in [-0.05, 0) is 11.1 Å². The van der Waals surface area contributed by atoms with E-state index in [1.54, 1.807) is 0 Å². The van der Waals surface area contributed by atoms with Crippen molar-refractivity contribution in [3.05, 3.63) is 71.8 Å². The van der Waals surface area contributed by atoms with E-state index < -0.39 is 0 Å². The molecular weight excluding hydrogens is 210 g/mol. The van der Waals surface area contributed by atoms with E-state index in [2.05, 4.69) is 54.0 Å². The molecule has 0 saturated carbocycles. The van der Waals surface area contributed by atoms with Crippen LogP contribution in [0.25, 0.3) is 0 Å². The van der Waals surface area contributed by atoms with Gasteiger partial charge in [0.05, 0.1) is 6.04 Å². The Morgan fingerprint density at radius 2 is 1.41 bits per heavy atom. The first kappa shape index (κ1) is 10.5.